The molecular formula is C25H31N3O5S. The molecule has 2 atom stereocenters. The molecule has 9 heteroatoms. The maximum absolute atomic E-state index is 13.6. The average molecular weight is 486 g/mol. The number of piperidine rings is 1. The highest BCUT2D eigenvalue weighted by molar-refractivity contribution is 7.89. The minimum Gasteiger partial charge on any atom is -0.478 e. The van der Waals surface area contributed by atoms with Gasteiger partial charge >= 0.3 is 0 Å². The van der Waals surface area contributed by atoms with Crippen molar-refractivity contribution in [2.45, 2.75) is 58.0 Å². The molecule has 8 nitrogen and oxygen atoms in total. The van der Waals surface area contributed by atoms with Crippen molar-refractivity contribution in [3.8, 4) is 5.75 Å². The molecule has 2 aromatic rings. The van der Waals surface area contributed by atoms with Crippen molar-refractivity contribution in [3.63, 3.8) is 0 Å². The molecule has 2 N–H and O–H groups in total. The average Bonchev–Trinajstić information content (AvgIpc) is 2.80. The van der Waals surface area contributed by atoms with Gasteiger partial charge in [-0.05, 0) is 63.3 Å². The smallest absolute Gasteiger partial charge is 0.265 e. The minimum atomic E-state index is -3.86. The lowest BCUT2D eigenvalue weighted by Crippen LogP contribution is -2.44. The highest BCUT2D eigenvalue weighted by atomic mass is 32.2. The van der Waals surface area contributed by atoms with Gasteiger partial charge in [0, 0.05) is 24.8 Å². The van der Waals surface area contributed by atoms with E-state index in [0.717, 1.165) is 16.8 Å². The molecule has 2 aliphatic heterocycles. The van der Waals surface area contributed by atoms with Crippen LogP contribution in [0.1, 0.15) is 42.9 Å². The van der Waals surface area contributed by atoms with Crippen LogP contribution in [0, 0.1) is 26.7 Å². The summed E-state index contributed by atoms with van der Waals surface area (Å²) in [5, 5.41) is 5.75. The number of carbonyl (C=O) groups excluding carboxylic acids is 2. The molecule has 0 saturated carbocycles. The van der Waals surface area contributed by atoms with E-state index in [1.165, 1.54) is 10.4 Å². The predicted molar refractivity (Wildman–Crippen MR) is 131 cm³/mol. The molecule has 1 saturated heterocycles. The zero-order valence-corrected chi connectivity index (χ0v) is 20.8. The van der Waals surface area contributed by atoms with E-state index in [2.05, 4.69) is 10.6 Å². The van der Waals surface area contributed by atoms with Gasteiger partial charge in [-0.25, -0.2) is 8.42 Å². The summed E-state index contributed by atoms with van der Waals surface area (Å²) in [4.78, 5) is 25.2. The van der Waals surface area contributed by atoms with Gasteiger partial charge in [-0.1, -0.05) is 24.6 Å². The number of aryl methyl sites for hydroxylation is 3. The van der Waals surface area contributed by atoms with Crippen molar-refractivity contribution >= 4 is 33.2 Å². The summed E-state index contributed by atoms with van der Waals surface area (Å²) in [5.41, 5.74) is 3.80. The lowest BCUT2D eigenvalue weighted by Gasteiger charge is -2.32. The molecular weight excluding hydrogens is 454 g/mol. The van der Waals surface area contributed by atoms with Crippen molar-refractivity contribution in [1.29, 1.82) is 0 Å². The van der Waals surface area contributed by atoms with Gasteiger partial charge in [-0.3, -0.25) is 9.59 Å². The summed E-state index contributed by atoms with van der Waals surface area (Å²) < 4.78 is 34.3. The number of benzene rings is 2. The van der Waals surface area contributed by atoms with Crippen LogP contribution in [-0.2, 0) is 19.6 Å². The fourth-order valence-electron chi connectivity index (χ4n) is 4.53. The Kier molecular flexibility index (Phi) is 6.69. The molecule has 0 bridgehead atoms. The van der Waals surface area contributed by atoms with Gasteiger partial charge in [0.2, 0.25) is 15.9 Å². The molecule has 0 spiro atoms. The van der Waals surface area contributed by atoms with Crippen LogP contribution in [0.15, 0.2) is 35.2 Å². The number of rotatable bonds is 5. The summed E-state index contributed by atoms with van der Waals surface area (Å²) in [7, 11) is -3.86. The number of hydrogen-bond donors (Lipinski definition) is 2. The van der Waals surface area contributed by atoms with E-state index in [1.807, 2.05) is 39.0 Å². The van der Waals surface area contributed by atoms with E-state index in [4.69, 9.17) is 4.74 Å². The third-order valence-electron chi connectivity index (χ3n) is 6.48. The first-order valence-electron chi connectivity index (χ1n) is 11.6. The van der Waals surface area contributed by atoms with E-state index < -0.39 is 22.0 Å². The Morgan fingerprint density at radius 1 is 1.18 bits per heavy atom. The SMILES string of the molecule is CCC1Oc2cc(S(=O)(=O)N3CCCC(C(=O)Nc4ccc(C)cc4C)C3)c(C)cc2NC1=O. The van der Waals surface area contributed by atoms with Gasteiger partial charge in [0.1, 0.15) is 5.75 Å². The van der Waals surface area contributed by atoms with Crippen molar-refractivity contribution in [3.05, 3.63) is 47.0 Å². The number of carbonyl (C=O) groups is 2. The Morgan fingerprint density at radius 2 is 1.94 bits per heavy atom. The molecule has 2 aliphatic rings. The monoisotopic (exact) mass is 485 g/mol. The summed E-state index contributed by atoms with van der Waals surface area (Å²) in [6, 6.07) is 8.92. The maximum Gasteiger partial charge on any atom is 0.265 e. The Balaban J connectivity index is 1.55. The molecule has 2 unspecified atom stereocenters. The van der Waals surface area contributed by atoms with Crippen molar-refractivity contribution in [1.82, 2.24) is 4.31 Å². The molecule has 4 rings (SSSR count). The van der Waals surface area contributed by atoms with Crippen molar-refractivity contribution in [2.75, 3.05) is 23.7 Å². The van der Waals surface area contributed by atoms with E-state index in [9.17, 15) is 18.0 Å². The lowest BCUT2D eigenvalue weighted by molar-refractivity contribution is -0.123. The van der Waals surface area contributed by atoms with Gasteiger partial charge in [0.15, 0.2) is 6.10 Å². The minimum absolute atomic E-state index is 0.116. The quantitative estimate of drug-likeness (QED) is 0.671. The number of ether oxygens (including phenoxy) is 1. The van der Waals surface area contributed by atoms with E-state index in [1.54, 1.807) is 13.0 Å². The molecule has 2 amide bonds. The molecule has 182 valence electrons. The molecule has 0 radical (unpaired) electrons. The van der Waals surface area contributed by atoms with Crippen LogP contribution in [0.2, 0.25) is 0 Å². The predicted octanol–water partition coefficient (Wildman–Crippen LogP) is 3.76. The van der Waals surface area contributed by atoms with Crippen LogP contribution in [0.3, 0.4) is 0 Å². The molecule has 2 aromatic carbocycles. The maximum atomic E-state index is 13.6. The molecule has 1 fully saturated rings. The Hall–Kier alpha value is -2.91. The van der Waals surface area contributed by atoms with E-state index >= 15 is 0 Å². The van der Waals surface area contributed by atoms with Crippen LogP contribution in [0.4, 0.5) is 11.4 Å². The van der Waals surface area contributed by atoms with Gasteiger partial charge in [0.05, 0.1) is 16.5 Å². The second kappa shape index (κ2) is 9.38. The second-order valence-electron chi connectivity index (χ2n) is 9.13. The molecule has 0 aromatic heterocycles. The summed E-state index contributed by atoms with van der Waals surface area (Å²) in [6.45, 7) is 7.92. The molecule has 2 heterocycles. The normalized spacial score (nSPS) is 20.8. The largest absolute Gasteiger partial charge is 0.478 e. The number of amides is 2. The van der Waals surface area contributed by atoms with E-state index in [0.29, 0.717) is 42.8 Å². The first kappa shape index (κ1) is 24.2. The highest BCUT2D eigenvalue weighted by Gasteiger charge is 2.36. The summed E-state index contributed by atoms with van der Waals surface area (Å²) >= 11 is 0. The standard InChI is InChI=1S/C25H31N3O5S/c1-5-21-25(30)27-20-12-17(4)23(13-22(20)33-21)34(31,32)28-10-6-7-18(14-28)24(29)26-19-9-8-15(2)11-16(19)3/h8-9,11-13,18,21H,5-7,10,14H2,1-4H3,(H,26,29)(H,27,30). The fourth-order valence-corrected chi connectivity index (χ4v) is 6.28. The number of anilines is 2. The Labute approximate surface area is 200 Å². The fraction of sp³-hybridized carbons (Fsp3) is 0.440. The van der Waals surface area contributed by atoms with Gasteiger partial charge in [-0.15, -0.1) is 0 Å². The topological polar surface area (TPSA) is 105 Å². The third kappa shape index (κ3) is 4.67. The zero-order chi connectivity index (χ0) is 24.6. The molecule has 34 heavy (non-hydrogen) atoms. The van der Waals surface area contributed by atoms with Crippen molar-refractivity contribution < 1.29 is 22.7 Å². The van der Waals surface area contributed by atoms with E-state index in [-0.39, 0.29) is 23.3 Å². The number of sulfonamides is 1. The Bertz CT molecular complexity index is 1240. The van der Waals surface area contributed by atoms with Crippen LogP contribution in [0.5, 0.6) is 5.75 Å². The van der Waals surface area contributed by atoms with Crippen LogP contribution in [0.25, 0.3) is 0 Å². The van der Waals surface area contributed by atoms with Gasteiger partial charge < -0.3 is 15.4 Å². The number of hydrogen-bond acceptors (Lipinski definition) is 5. The second-order valence-corrected chi connectivity index (χ2v) is 11.0. The number of fused-ring (bicyclic) bond motifs is 1. The number of nitrogens with zero attached hydrogens (tertiary/aromatic N) is 1. The van der Waals surface area contributed by atoms with Crippen molar-refractivity contribution in [2.24, 2.45) is 5.92 Å². The van der Waals surface area contributed by atoms with Crippen LogP contribution in [-0.4, -0.2) is 43.7 Å². The van der Waals surface area contributed by atoms with Crippen LogP contribution < -0.4 is 15.4 Å². The summed E-state index contributed by atoms with van der Waals surface area (Å²) in [5.74, 6) is -0.511. The molecule has 0 aliphatic carbocycles. The summed E-state index contributed by atoms with van der Waals surface area (Å²) in [6.07, 6.45) is 1.04. The Morgan fingerprint density at radius 3 is 2.65 bits per heavy atom. The number of nitrogens with one attached hydrogen (secondary N) is 2. The first-order valence-corrected chi connectivity index (χ1v) is 13.0. The zero-order valence-electron chi connectivity index (χ0n) is 20.0. The van der Waals surface area contributed by atoms with Crippen LogP contribution >= 0.6 is 0 Å². The highest BCUT2D eigenvalue weighted by Crippen LogP contribution is 2.36. The van der Waals surface area contributed by atoms with Gasteiger partial charge in [-0.2, -0.15) is 4.31 Å². The van der Waals surface area contributed by atoms with Gasteiger partial charge in [0.25, 0.3) is 5.91 Å². The first-order chi connectivity index (χ1) is 16.1. The third-order valence-corrected chi connectivity index (χ3v) is 8.49. The lowest BCUT2D eigenvalue weighted by atomic mass is 9.98.